The molecule has 0 atom stereocenters. The van der Waals surface area contributed by atoms with Crippen molar-refractivity contribution in [3.05, 3.63) is 58.1 Å². The molecule has 1 aliphatic carbocycles. The molecular formula is C16H16ClNO3. The number of carbonyl (C=O) groups excluding carboxylic acids is 2. The third-order valence-electron chi connectivity index (χ3n) is 3.51. The molecule has 0 aliphatic heterocycles. The minimum absolute atomic E-state index is 0.116. The maximum atomic E-state index is 12.4. The molecule has 0 bridgehead atoms. The quantitative estimate of drug-likeness (QED) is 0.874. The summed E-state index contributed by atoms with van der Waals surface area (Å²) in [5, 5.41) is 3.32. The molecule has 0 fully saturated rings. The molecule has 0 aromatic heterocycles. The molecule has 0 radical (unpaired) electrons. The molecule has 1 amide bonds. The van der Waals surface area contributed by atoms with Crippen LogP contribution in [0, 0.1) is 0 Å². The molecule has 0 saturated heterocycles. The largest absolute Gasteiger partial charge is 0.351 e. The number of methoxy groups -OCH3 is 1. The average Bonchev–Trinajstić information content (AvgIpc) is 2.42. The van der Waals surface area contributed by atoms with Crippen molar-refractivity contribution in [3.63, 3.8) is 0 Å². The smallest absolute Gasteiger partial charge is 0.254 e. The number of ether oxygens (including phenoxy) is 1. The van der Waals surface area contributed by atoms with Crippen LogP contribution in [0.2, 0.25) is 5.02 Å². The molecule has 21 heavy (non-hydrogen) atoms. The van der Waals surface area contributed by atoms with Crippen molar-refractivity contribution in [2.75, 3.05) is 7.11 Å². The van der Waals surface area contributed by atoms with E-state index in [2.05, 4.69) is 5.32 Å². The lowest BCUT2D eigenvalue weighted by Gasteiger charge is -2.37. The van der Waals surface area contributed by atoms with E-state index >= 15 is 0 Å². The number of rotatable bonds is 3. The first-order valence-corrected chi connectivity index (χ1v) is 6.81. The molecular weight excluding hydrogens is 290 g/mol. The van der Waals surface area contributed by atoms with Gasteiger partial charge in [-0.15, -0.1) is 0 Å². The van der Waals surface area contributed by atoms with Gasteiger partial charge in [-0.3, -0.25) is 9.59 Å². The van der Waals surface area contributed by atoms with Crippen LogP contribution in [-0.4, -0.2) is 24.5 Å². The molecule has 110 valence electrons. The Balaban J connectivity index is 2.35. The van der Waals surface area contributed by atoms with Gasteiger partial charge in [0.2, 0.25) is 0 Å². The highest BCUT2D eigenvalue weighted by Gasteiger charge is 2.38. The maximum Gasteiger partial charge on any atom is 0.254 e. The minimum atomic E-state index is -1.10. The standard InChI is InChI=1S/C16H16ClNO3/c1-10-7-14(19)8-11(2)16(10,21-3)18-15(20)12-5-4-6-13(17)9-12/h4-9H,1-3H3,(H,18,20). The Hall–Kier alpha value is -1.91. The second-order valence-corrected chi connectivity index (χ2v) is 5.34. The molecule has 0 heterocycles. The molecule has 0 spiro atoms. The summed E-state index contributed by atoms with van der Waals surface area (Å²) in [7, 11) is 1.49. The number of allylic oxidation sites excluding steroid dienone is 2. The van der Waals surface area contributed by atoms with Crippen LogP contribution in [0.15, 0.2) is 47.6 Å². The fraction of sp³-hybridized carbons (Fsp3) is 0.250. The lowest BCUT2D eigenvalue weighted by molar-refractivity contribution is -0.111. The summed E-state index contributed by atoms with van der Waals surface area (Å²) in [6, 6.07) is 6.63. The van der Waals surface area contributed by atoms with Crippen molar-refractivity contribution in [1.82, 2.24) is 5.32 Å². The number of carbonyl (C=O) groups is 2. The van der Waals surface area contributed by atoms with Crippen LogP contribution in [0.25, 0.3) is 0 Å². The van der Waals surface area contributed by atoms with E-state index in [9.17, 15) is 9.59 Å². The first-order chi connectivity index (χ1) is 9.89. The second kappa shape index (κ2) is 5.84. The minimum Gasteiger partial charge on any atom is -0.351 e. The number of ketones is 1. The normalized spacial score (nSPS) is 17.0. The molecule has 1 aromatic rings. The predicted molar refractivity (Wildman–Crippen MR) is 81.2 cm³/mol. The van der Waals surface area contributed by atoms with Crippen molar-refractivity contribution in [1.29, 1.82) is 0 Å². The average molecular weight is 306 g/mol. The van der Waals surface area contributed by atoms with Crippen molar-refractivity contribution in [2.45, 2.75) is 19.6 Å². The van der Waals surface area contributed by atoms with Gasteiger partial charge in [0, 0.05) is 17.7 Å². The molecule has 0 saturated carbocycles. The fourth-order valence-corrected chi connectivity index (χ4v) is 2.60. The Bertz CT molecular complexity index is 639. The first-order valence-electron chi connectivity index (χ1n) is 6.44. The zero-order valence-corrected chi connectivity index (χ0v) is 12.8. The van der Waals surface area contributed by atoms with E-state index in [4.69, 9.17) is 16.3 Å². The summed E-state index contributed by atoms with van der Waals surface area (Å²) in [6.45, 7) is 3.49. The van der Waals surface area contributed by atoms with E-state index in [0.29, 0.717) is 21.7 Å². The van der Waals surface area contributed by atoms with Gasteiger partial charge in [0.15, 0.2) is 11.5 Å². The van der Waals surface area contributed by atoms with Gasteiger partial charge < -0.3 is 10.1 Å². The van der Waals surface area contributed by atoms with Crippen LogP contribution < -0.4 is 5.32 Å². The van der Waals surface area contributed by atoms with Gasteiger partial charge in [0.25, 0.3) is 5.91 Å². The van der Waals surface area contributed by atoms with Crippen LogP contribution in [0.4, 0.5) is 0 Å². The lowest BCUT2D eigenvalue weighted by atomic mass is 9.89. The van der Waals surface area contributed by atoms with E-state index in [1.165, 1.54) is 19.3 Å². The maximum absolute atomic E-state index is 12.4. The second-order valence-electron chi connectivity index (χ2n) is 4.91. The lowest BCUT2D eigenvalue weighted by Crippen LogP contribution is -2.53. The van der Waals surface area contributed by atoms with Crippen molar-refractivity contribution < 1.29 is 14.3 Å². The highest BCUT2D eigenvalue weighted by molar-refractivity contribution is 6.31. The van der Waals surface area contributed by atoms with Crippen molar-refractivity contribution >= 4 is 23.3 Å². The van der Waals surface area contributed by atoms with Crippen LogP contribution >= 0.6 is 11.6 Å². The molecule has 2 rings (SSSR count). The van der Waals surface area contributed by atoms with E-state index in [0.717, 1.165) is 0 Å². The van der Waals surface area contributed by atoms with Crippen LogP contribution in [0.3, 0.4) is 0 Å². The number of nitrogens with one attached hydrogen (secondary N) is 1. The fourth-order valence-electron chi connectivity index (χ4n) is 2.41. The van der Waals surface area contributed by atoms with Crippen LogP contribution in [-0.2, 0) is 9.53 Å². The SMILES string of the molecule is COC1(NC(=O)c2cccc(Cl)c2)C(C)=CC(=O)C=C1C. The van der Waals surface area contributed by atoms with Gasteiger partial charge in [0.05, 0.1) is 0 Å². The van der Waals surface area contributed by atoms with Gasteiger partial charge in [-0.25, -0.2) is 0 Å². The molecule has 4 nitrogen and oxygen atoms in total. The van der Waals surface area contributed by atoms with E-state index in [-0.39, 0.29) is 11.7 Å². The van der Waals surface area contributed by atoms with Gasteiger partial charge in [0.1, 0.15) is 0 Å². The Morgan fingerprint density at radius 3 is 2.38 bits per heavy atom. The van der Waals surface area contributed by atoms with Crippen LogP contribution in [0.5, 0.6) is 0 Å². The summed E-state index contributed by atoms with van der Waals surface area (Å²) in [5.74, 6) is -0.441. The van der Waals surface area contributed by atoms with Gasteiger partial charge in [-0.05, 0) is 55.3 Å². The van der Waals surface area contributed by atoms with E-state index in [1.807, 2.05) is 0 Å². The Morgan fingerprint density at radius 2 is 1.86 bits per heavy atom. The molecule has 1 aliphatic rings. The first kappa shape index (κ1) is 15.5. The Morgan fingerprint density at radius 1 is 1.24 bits per heavy atom. The molecule has 5 heteroatoms. The number of benzene rings is 1. The summed E-state index contributed by atoms with van der Waals surface area (Å²) in [4.78, 5) is 24.0. The third-order valence-corrected chi connectivity index (χ3v) is 3.75. The van der Waals surface area contributed by atoms with E-state index < -0.39 is 5.72 Å². The van der Waals surface area contributed by atoms with Gasteiger partial charge in [-0.1, -0.05) is 17.7 Å². The predicted octanol–water partition coefficient (Wildman–Crippen LogP) is 2.89. The van der Waals surface area contributed by atoms with Gasteiger partial charge in [-0.2, -0.15) is 0 Å². The number of halogens is 1. The van der Waals surface area contributed by atoms with Crippen LogP contribution in [0.1, 0.15) is 24.2 Å². The highest BCUT2D eigenvalue weighted by Crippen LogP contribution is 2.30. The zero-order valence-electron chi connectivity index (χ0n) is 12.1. The summed E-state index contributed by atoms with van der Waals surface area (Å²) in [5.41, 5.74) is 0.583. The van der Waals surface area contributed by atoms with Gasteiger partial charge >= 0.3 is 0 Å². The van der Waals surface area contributed by atoms with Crippen molar-refractivity contribution in [3.8, 4) is 0 Å². The Kier molecular flexibility index (Phi) is 4.30. The topological polar surface area (TPSA) is 55.4 Å². The molecule has 0 unspecified atom stereocenters. The third kappa shape index (κ3) is 2.91. The number of hydrogen-bond donors (Lipinski definition) is 1. The monoisotopic (exact) mass is 305 g/mol. The number of hydrogen-bond acceptors (Lipinski definition) is 3. The summed E-state index contributed by atoms with van der Waals surface area (Å²) < 4.78 is 5.52. The molecule has 1 N–H and O–H groups in total. The highest BCUT2D eigenvalue weighted by atomic mass is 35.5. The zero-order chi connectivity index (χ0) is 15.6. The number of amides is 1. The Labute approximate surface area is 128 Å². The molecule has 1 aromatic carbocycles. The van der Waals surface area contributed by atoms with E-state index in [1.54, 1.807) is 38.1 Å². The summed E-state index contributed by atoms with van der Waals surface area (Å²) >= 11 is 5.90. The van der Waals surface area contributed by atoms with Crippen molar-refractivity contribution in [2.24, 2.45) is 0 Å². The summed E-state index contributed by atoms with van der Waals surface area (Å²) in [6.07, 6.45) is 2.91.